The lowest BCUT2D eigenvalue weighted by Gasteiger charge is -2.20. The SMILES string of the molecule is CC(NCC(C1CC1)C1CC1)c1ccncc1. The summed E-state index contributed by atoms with van der Waals surface area (Å²) in [5.74, 6) is 3.04. The van der Waals surface area contributed by atoms with Crippen LogP contribution in [0.2, 0.25) is 0 Å². The largest absolute Gasteiger partial charge is 0.310 e. The second-order valence-electron chi connectivity index (χ2n) is 5.75. The van der Waals surface area contributed by atoms with E-state index in [1.165, 1.54) is 37.8 Å². The van der Waals surface area contributed by atoms with Crippen molar-refractivity contribution in [1.29, 1.82) is 0 Å². The summed E-state index contributed by atoms with van der Waals surface area (Å²) < 4.78 is 0. The van der Waals surface area contributed by atoms with E-state index in [0.717, 1.165) is 17.8 Å². The molecule has 0 amide bonds. The van der Waals surface area contributed by atoms with Gasteiger partial charge in [-0.05, 0) is 74.6 Å². The van der Waals surface area contributed by atoms with Crippen molar-refractivity contribution in [3.8, 4) is 0 Å². The highest BCUT2D eigenvalue weighted by atomic mass is 14.9. The summed E-state index contributed by atoms with van der Waals surface area (Å²) in [7, 11) is 0. The molecular weight excluding hydrogens is 208 g/mol. The van der Waals surface area contributed by atoms with E-state index in [-0.39, 0.29) is 0 Å². The molecule has 0 radical (unpaired) electrons. The fourth-order valence-electron chi connectivity index (χ4n) is 2.85. The molecule has 1 aromatic rings. The summed E-state index contributed by atoms with van der Waals surface area (Å²) in [5.41, 5.74) is 1.35. The molecule has 3 rings (SSSR count). The Labute approximate surface area is 104 Å². The average molecular weight is 230 g/mol. The Morgan fingerprint density at radius 3 is 2.29 bits per heavy atom. The molecular formula is C15H22N2. The zero-order valence-corrected chi connectivity index (χ0v) is 10.6. The van der Waals surface area contributed by atoms with Gasteiger partial charge in [-0.2, -0.15) is 0 Å². The highest BCUT2D eigenvalue weighted by Crippen LogP contribution is 2.48. The normalized spacial score (nSPS) is 21.8. The van der Waals surface area contributed by atoms with E-state index in [1.54, 1.807) is 0 Å². The first-order valence-electron chi connectivity index (χ1n) is 6.98. The average Bonchev–Trinajstić information content (AvgIpc) is 3.24. The van der Waals surface area contributed by atoms with E-state index in [9.17, 15) is 0 Å². The second-order valence-corrected chi connectivity index (χ2v) is 5.75. The first-order valence-corrected chi connectivity index (χ1v) is 6.98. The number of rotatable bonds is 6. The van der Waals surface area contributed by atoms with Gasteiger partial charge in [-0.25, -0.2) is 0 Å². The van der Waals surface area contributed by atoms with E-state index in [0.29, 0.717) is 6.04 Å². The molecule has 2 heteroatoms. The number of hydrogen-bond acceptors (Lipinski definition) is 2. The van der Waals surface area contributed by atoms with Gasteiger partial charge in [0.15, 0.2) is 0 Å². The zero-order valence-electron chi connectivity index (χ0n) is 10.6. The smallest absolute Gasteiger partial charge is 0.0293 e. The molecule has 0 aliphatic heterocycles. The molecule has 1 atom stereocenters. The molecule has 0 aromatic carbocycles. The number of hydrogen-bond donors (Lipinski definition) is 1. The number of pyridine rings is 1. The first-order chi connectivity index (χ1) is 8.34. The van der Waals surface area contributed by atoms with Crippen molar-refractivity contribution in [1.82, 2.24) is 10.3 Å². The molecule has 1 aromatic heterocycles. The highest BCUT2D eigenvalue weighted by molar-refractivity contribution is 5.14. The molecule has 2 aliphatic carbocycles. The molecule has 2 saturated carbocycles. The Balaban J connectivity index is 1.52. The minimum atomic E-state index is 0.456. The molecule has 17 heavy (non-hydrogen) atoms. The van der Waals surface area contributed by atoms with Crippen LogP contribution in [0, 0.1) is 17.8 Å². The van der Waals surface area contributed by atoms with E-state index >= 15 is 0 Å². The first kappa shape index (κ1) is 11.2. The third-order valence-electron chi connectivity index (χ3n) is 4.32. The summed E-state index contributed by atoms with van der Waals surface area (Å²) in [5, 5.41) is 3.71. The quantitative estimate of drug-likeness (QED) is 0.812. The molecule has 2 fully saturated rings. The van der Waals surface area contributed by atoms with Crippen LogP contribution in [0.1, 0.15) is 44.2 Å². The van der Waals surface area contributed by atoms with Crippen molar-refractivity contribution in [2.75, 3.05) is 6.54 Å². The van der Waals surface area contributed by atoms with Crippen LogP contribution in [0.25, 0.3) is 0 Å². The van der Waals surface area contributed by atoms with Crippen molar-refractivity contribution in [2.45, 2.75) is 38.6 Å². The van der Waals surface area contributed by atoms with E-state index < -0.39 is 0 Å². The van der Waals surface area contributed by atoms with Crippen LogP contribution >= 0.6 is 0 Å². The molecule has 0 bridgehead atoms. The van der Waals surface area contributed by atoms with Crippen molar-refractivity contribution in [2.24, 2.45) is 17.8 Å². The Morgan fingerprint density at radius 1 is 1.18 bits per heavy atom. The summed E-state index contributed by atoms with van der Waals surface area (Å²) in [4.78, 5) is 4.07. The van der Waals surface area contributed by atoms with Crippen molar-refractivity contribution < 1.29 is 0 Å². The molecule has 92 valence electrons. The molecule has 2 aliphatic rings. The van der Waals surface area contributed by atoms with Crippen LogP contribution < -0.4 is 5.32 Å². The van der Waals surface area contributed by atoms with Crippen LogP contribution in [0.5, 0.6) is 0 Å². The summed E-state index contributed by atoms with van der Waals surface area (Å²) in [6.07, 6.45) is 9.68. The van der Waals surface area contributed by atoms with Crippen molar-refractivity contribution in [3.63, 3.8) is 0 Å². The molecule has 1 heterocycles. The van der Waals surface area contributed by atoms with Crippen LogP contribution in [0.15, 0.2) is 24.5 Å². The van der Waals surface area contributed by atoms with Gasteiger partial charge in [-0.15, -0.1) is 0 Å². The molecule has 0 spiro atoms. The van der Waals surface area contributed by atoms with Gasteiger partial charge in [0.2, 0.25) is 0 Å². The van der Waals surface area contributed by atoms with E-state index in [1.807, 2.05) is 12.4 Å². The Bertz CT molecular complexity index is 342. The van der Waals surface area contributed by atoms with Gasteiger partial charge in [0.25, 0.3) is 0 Å². The monoisotopic (exact) mass is 230 g/mol. The van der Waals surface area contributed by atoms with Gasteiger partial charge in [-0.3, -0.25) is 4.98 Å². The highest BCUT2D eigenvalue weighted by Gasteiger charge is 2.40. The van der Waals surface area contributed by atoms with Crippen molar-refractivity contribution in [3.05, 3.63) is 30.1 Å². The minimum absolute atomic E-state index is 0.456. The standard InChI is InChI=1S/C15H22N2/c1-11(12-6-8-16-9-7-12)17-10-15(13-2-3-13)14-4-5-14/h6-9,11,13-15,17H,2-5,10H2,1H3. The third-order valence-corrected chi connectivity index (χ3v) is 4.32. The molecule has 2 nitrogen and oxygen atoms in total. The lowest BCUT2D eigenvalue weighted by atomic mass is 9.97. The van der Waals surface area contributed by atoms with Gasteiger partial charge < -0.3 is 5.32 Å². The molecule has 0 saturated heterocycles. The van der Waals surface area contributed by atoms with Gasteiger partial charge in [0.1, 0.15) is 0 Å². The van der Waals surface area contributed by atoms with Crippen molar-refractivity contribution >= 4 is 0 Å². The Morgan fingerprint density at radius 2 is 1.76 bits per heavy atom. The lowest BCUT2D eigenvalue weighted by molar-refractivity contribution is 0.362. The molecule has 1 unspecified atom stereocenters. The van der Waals surface area contributed by atoms with Crippen LogP contribution in [0.3, 0.4) is 0 Å². The maximum atomic E-state index is 4.07. The predicted molar refractivity (Wildman–Crippen MR) is 69.6 cm³/mol. The van der Waals surface area contributed by atoms with Gasteiger partial charge >= 0.3 is 0 Å². The number of nitrogens with one attached hydrogen (secondary N) is 1. The number of nitrogens with zero attached hydrogens (tertiary/aromatic N) is 1. The number of aromatic nitrogens is 1. The van der Waals surface area contributed by atoms with E-state index in [2.05, 4.69) is 29.4 Å². The van der Waals surface area contributed by atoms with Gasteiger partial charge in [0.05, 0.1) is 0 Å². The maximum Gasteiger partial charge on any atom is 0.0293 e. The van der Waals surface area contributed by atoms with Gasteiger partial charge in [-0.1, -0.05) is 0 Å². The van der Waals surface area contributed by atoms with Crippen LogP contribution in [-0.4, -0.2) is 11.5 Å². The fourth-order valence-corrected chi connectivity index (χ4v) is 2.85. The molecule has 1 N–H and O–H groups in total. The summed E-state index contributed by atoms with van der Waals surface area (Å²) >= 11 is 0. The lowest BCUT2D eigenvalue weighted by Crippen LogP contribution is -2.28. The predicted octanol–water partition coefficient (Wildman–Crippen LogP) is 3.17. The maximum absolute atomic E-state index is 4.07. The van der Waals surface area contributed by atoms with Crippen LogP contribution in [0.4, 0.5) is 0 Å². The third kappa shape index (κ3) is 2.86. The summed E-state index contributed by atoms with van der Waals surface area (Å²) in [6, 6.07) is 4.68. The second kappa shape index (κ2) is 4.77. The Kier molecular flexibility index (Phi) is 3.15. The van der Waals surface area contributed by atoms with Gasteiger partial charge in [0, 0.05) is 18.4 Å². The van der Waals surface area contributed by atoms with E-state index in [4.69, 9.17) is 0 Å². The topological polar surface area (TPSA) is 24.9 Å². The Hall–Kier alpha value is -0.890. The fraction of sp³-hybridized carbons (Fsp3) is 0.667. The van der Waals surface area contributed by atoms with Crippen LogP contribution in [-0.2, 0) is 0 Å². The minimum Gasteiger partial charge on any atom is -0.310 e. The summed E-state index contributed by atoms with van der Waals surface area (Å²) in [6.45, 7) is 3.46. The zero-order chi connectivity index (χ0) is 11.7.